The van der Waals surface area contributed by atoms with E-state index in [1.807, 2.05) is 19.0 Å². The van der Waals surface area contributed by atoms with Crippen LogP contribution in [-0.4, -0.2) is 67.9 Å². The molecule has 0 N–H and O–H groups in total. The molecule has 1 aliphatic rings. The molecule has 1 heterocycles. The van der Waals surface area contributed by atoms with Gasteiger partial charge in [0.25, 0.3) is 0 Å². The van der Waals surface area contributed by atoms with Gasteiger partial charge in [-0.25, -0.2) is 8.42 Å². The minimum atomic E-state index is -3.36. The van der Waals surface area contributed by atoms with Crippen LogP contribution in [0.2, 0.25) is 0 Å². The fraction of sp³-hybridized carbons (Fsp3) is 0.909. The van der Waals surface area contributed by atoms with Crippen molar-refractivity contribution in [2.45, 2.75) is 31.6 Å². The Bertz CT molecular complexity index is 389. The summed E-state index contributed by atoms with van der Waals surface area (Å²) < 4.78 is 22.9. The summed E-state index contributed by atoms with van der Waals surface area (Å²) in [6.45, 7) is 6.12. The van der Waals surface area contributed by atoms with Crippen LogP contribution in [0.4, 0.5) is 0 Å². The molecule has 5 nitrogen and oxygen atoms in total. The molecule has 0 aliphatic carbocycles. The van der Waals surface area contributed by atoms with Crippen molar-refractivity contribution < 1.29 is 13.2 Å². The first-order valence-corrected chi connectivity index (χ1v) is 7.36. The summed E-state index contributed by atoms with van der Waals surface area (Å²) in [7, 11) is 0.553. The van der Waals surface area contributed by atoms with Gasteiger partial charge in [0.1, 0.15) is 5.75 Å². The fourth-order valence-corrected chi connectivity index (χ4v) is 2.40. The average molecular weight is 262 g/mol. The third-order valence-corrected chi connectivity index (χ3v) is 5.68. The molecule has 100 valence electrons. The van der Waals surface area contributed by atoms with Crippen molar-refractivity contribution in [1.82, 2.24) is 9.80 Å². The van der Waals surface area contributed by atoms with Gasteiger partial charge in [-0.1, -0.05) is 0 Å². The Balaban J connectivity index is 2.54. The molecule has 1 fully saturated rings. The molecule has 0 unspecified atom stereocenters. The van der Waals surface area contributed by atoms with Crippen LogP contribution in [0.5, 0.6) is 0 Å². The SMILES string of the molecule is CN(C)C1CN(C(=O)CS(=O)(=O)C(C)(C)C)C1. The lowest BCUT2D eigenvalue weighted by molar-refractivity contribution is -0.135. The number of hydrogen-bond acceptors (Lipinski definition) is 4. The molecule has 0 aromatic heterocycles. The lowest BCUT2D eigenvalue weighted by Crippen LogP contribution is -2.60. The minimum absolute atomic E-state index is 0.280. The summed E-state index contributed by atoms with van der Waals surface area (Å²) in [5, 5.41) is 0. The van der Waals surface area contributed by atoms with Crippen LogP contribution in [0.15, 0.2) is 0 Å². The zero-order chi connectivity index (χ0) is 13.4. The predicted octanol–water partition coefficient (Wildman–Crippen LogP) is -0.0279. The first kappa shape index (κ1) is 14.4. The number of nitrogens with zero attached hydrogens (tertiary/aromatic N) is 2. The molecule has 1 aliphatic heterocycles. The van der Waals surface area contributed by atoms with Gasteiger partial charge in [0, 0.05) is 19.1 Å². The summed E-state index contributed by atoms with van der Waals surface area (Å²) in [5.41, 5.74) is 0. The van der Waals surface area contributed by atoms with E-state index in [1.165, 1.54) is 0 Å². The number of hydrogen-bond donors (Lipinski definition) is 0. The smallest absolute Gasteiger partial charge is 0.237 e. The Hall–Kier alpha value is -0.620. The standard InChI is InChI=1S/C11H22N2O3S/c1-11(2,3)17(15,16)8-10(14)13-6-9(7-13)12(4)5/h9H,6-8H2,1-5H3. The van der Waals surface area contributed by atoms with Crippen molar-refractivity contribution in [3.63, 3.8) is 0 Å². The Morgan fingerprint density at radius 3 is 2.12 bits per heavy atom. The van der Waals surface area contributed by atoms with Crippen LogP contribution in [0, 0.1) is 0 Å². The van der Waals surface area contributed by atoms with E-state index in [0.717, 1.165) is 0 Å². The molecule has 1 rings (SSSR count). The summed E-state index contributed by atoms with van der Waals surface area (Å²) >= 11 is 0. The Morgan fingerprint density at radius 2 is 1.76 bits per heavy atom. The van der Waals surface area contributed by atoms with E-state index >= 15 is 0 Å². The average Bonchev–Trinajstić information content (AvgIpc) is 1.95. The lowest BCUT2D eigenvalue weighted by Gasteiger charge is -2.42. The van der Waals surface area contributed by atoms with E-state index in [-0.39, 0.29) is 11.7 Å². The van der Waals surface area contributed by atoms with Crippen LogP contribution in [0.25, 0.3) is 0 Å². The number of sulfone groups is 1. The van der Waals surface area contributed by atoms with E-state index < -0.39 is 14.6 Å². The Labute approximate surface area is 104 Å². The molecular formula is C11H22N2O3S. The number of carbonyl (C=O) groups excluding carboxylic acids is 1. The highest BCUT2D eigenvalue weighted by atomic mass is 32.2. The molecule has 0 aromatic rings. The predicted molar refractivity (Wildman–Crippen MR) is 67.6 cm³/mol. The van der Waals surface area contributed by atoms with E-state index in [9.17, 15) is 13.2 Å². The van der Waals surface area contributed by atoms with Gasteiger partial charge in [-0.05, 0) is 34.9 Å². The van der Waals surface area contributed by atoms with Gasteiger partial charge >= 0.3 is 0 Å². The fourth-order valence-electron chi connectivity index (χ4n) is 1.46. The van der Waals surface area contributed by atoms with Crippen molar-refractivity contribution in [3.05, 3.63) is 0 Å². The molecule has 17 heavy (non-hydrogen) atoms. The molecule has 0 aromatic carbocycles. The first-order chi connectivity index (χ1) is 7.54. The molecule has 1 amide bonds. The molecule has 0 spiro atoms. The van der Waals surface area contributed by atoms with Gasteiger partial charge in [-0.3, -0.25) is 4.79 Å². The Kier molecular flexibility index (Phi) is 3.88. The van der Waals surface area contributed by atoms with Crippen LogP contribution < -0.4 is 0 Å². The highest BCUT2D eigenvalue weighted by molar-refractivity contribution is 7.93. The zero-order valence-electron chi connectivity index (χ0n) is 11.2. The summed E-state index contributed by atoms with van der Waals surface area (Å²) in [4.78, 5) is 15.4. The van der Waals surface area contributed by atoms with Crippen molar-refractivity contribution in [3.8, 4) is 0 Å². The van der Waals surface area contributed by atoms with Gasteiger partial charge in [0.15, 0.2) is 9.84 Å². The quantitative estimate of drug-likeness (QED) is 0.717. The number of carbonyl (C=O) groups is 1. The monoisotopic (exact) mass is 262 g/mol. The van der Waals surface area contributed by atoms with Crippen LogP contribution in [0.3, 0.4) is 0 Å². The van der Waals surface area contributed by atoms with Crippen molar-refractivity contribution >= 4 is 15.7 Å². The molecular weight excluding hydrogens is 240 g/mol. The van der Waals surface area contributed by atoms with Gasteiger partial charge in [0.2, 0.25) is 5.91 Å². The van der Waals surface area contributed by atoms with Crippen LogP contribution >= 0.6 is 0 Å². The topological polar surface area (TPSA) is 57.7 Å². The summed E-state index contributed by atoms with van der Waals surface area (Å²) in [6.07, 6.45) is 0. The number of rotatable bonds is 3. The molecule has 1 saturated heterocycles. The third kappa shape index (κ3) is 3.19. The minimum Gasteiger partial charge on any atom is -0.339 e. The van der Waals surface area contributed by atoms with E-state index in [4.69, 9.17) is 0 Å². The maximum atomic E-state index is 11.9. The highest BCUT2D eigenvalue weighted by Gasteiger charge is 2.37. The van der Waals surface area contributed by atoms with E-state index in [2.05, 4.69) is 0 Å². The maximum Gasteiger partial charge on any atom is 0.237 e. The summed E-state index contributed by atoms with van der Waals surface area (Å²) in [6, 6.07) is 0.358. The molecule has 0 atom stereocenters. The van der Waals surface area contributed by atoms with Crippen molar-refractivity contribution in [2.75, 3.05) is 32.9 Å². The van der Waals surface area contributed by atoms with Gasteiger partial charge in [-0.2, -0.15) is 0 Å². The molecule has 6 heteroatoms. The van der Waals surface area contributed by atoms with Gasteiger partial charge < -0.3 is 9.80 Å². The third-order valence-electron chi connectivity index (χ3n) is 3.19. The second kappa shape index (κ2) is 4.57. The maximum absolute atomic E-state index is 11.9. The first-order valence-electron chi connectivity index (χ1n) is 5.71. The summed E-state index contributed by atoms with van der Waals surface area (Å²) in [5.74, 6) is -0.658. The largest absolute Gasteiger partial charge is 0.339 e. The Morgan fingerprint density at radius 1 is 1.29 bits per heavy atom. The van der Waals surface area contributed by atoms with Crippen molar-refractivity contribution in [1.29, 1.82) is 0 Å². The molecule has 0 saturated carbocycles. The normalized spacial score (nSPS) is 18.4. The van der Waals surface area contributed by atoms with Gasteiger partial charge in [0.05, 0.1) is 4.75 Å². The second-order valence-electron chi connectivity index (χ2n) is 5.79. The van der Waals surface area contributed by atoms with E-state index in [1.54, 1.807) is 25.7 Å². The number of likely N-dealkylation sites (N-methyl/N-ethyl adjacent to an activating group) is 1. The number of amides is 1. The highest BCUT2D eigenvalue weighted by Crippen LogP contribution is 2.19. The molecule has 0 radical (unpaired) electrons. The van der Waals surface area contributed by atoms with Crippen molar-refractivity contribution in [2.24, 2.45) is 0 Å². The zero-order valence-corrected chi connectivity index (χ0v) is 12.0. The molecule has 0 bridgehead atoms. The van der Waals surface area contributed by atoms with Crippen LogP contribution in [0.1, 0.15) is 20.8 Å². The second-order valence-corrected chi connectivity index (χ2v) is 8.53. The van der Waals surface area contributed by atoms with Gasteiger partial charge in [-0.15, -0.1) is 0 Å². The van der Waals surface area contributed by atoms with E-state index in [0.29, 0.717) is 19.1 Å². The lowest BCUT2D eigenvalue weighted by atomic mass is 10.1. The van der Waals surface area contributed by atoms with Crippen LogP contribution in [-0.2, 0) is 14.6 Å². The number of likely N-dealkylation sites (tertiary alicyclic amines) is 1.